The highest BCUT2D eigenvalue weighted by Gasteiger charge is 2.05. The van der Waals surface area contributed by atoms with E-state index in [9.17, 15) is 4.21 Å². The van der Waals surface area contributed by atoms with Gasteiger partial charge in [0.25, 0.3) is 0 Å². The van der Waals surface area contributed by atoms with Gasteiger partial charge in [0.15, 0.2) is 0 Å². The second-order valence-electron chi connectivity index (χ2n) is 3.57. The third kappa shape index (κ3) is 5.14. The van der Waals surface area contributed by atoms with Crippen molar-refractivity contribution >= 4 is 10.8 Å². The number of furan rings is 1. The van der Waals surface area contributed by atoms with Crippen LogP contribution in [0.3, 0.4) is 0 Å². The summed E-state index contributed by atoms with van der Waals surface area (Å²) in [7, 11) is -0.668. The number of hydrogen-bond acceptors (Lipinski definition) is 3. The van der Waals surface area contributed by atoms with Gasteiger partial charge in [0.1, 0.15) is 5.76 Å². The summed E-state index contributed by atoms with van der Waals surface area (Å²) in [5, 5.41) is 3.33. The van der Waals surface area contributed by atoms with Crippen molar-refractivity contribution in [1.29, 1.82) is 0 Å². The first-order chi connectivity index (χ1) is 7.22. The van der Waals surface area contributed by atoms with Crippen molar-refractivity contribution in [3.05, 3.63) is 24.2 Å². The summed E-state index contributed by atoms with van der Waals surface area (Å²) in [6.07, 6.45) is 2.57. The van der Waals surface area contributed by atoms with E-state index in [-0.39, 0.29) is 0 Å². The summed E-state index contributed by atoms with van der Waals surface area (Å²) in [5.41, 5.74) is 0. The number of nitrogens with one attached hydrogen (secondary N) is 1. The molecule has 0 aliphatic carbocycles. The van der Waals surface area contributed by atoms with E-state index in [0.29, 0.717) is 6.04 Å². The molecular weight excluding hydrogens is 210 g/mol. The minimum absolute atomic E-state index is 0.366. The Labute approximate surface area is 93.7 Å². The van der Waals surface area contributed by atoms with Gasteiger partial charge in [-0.15, -0.1) is 0 Å². The predicted octanol–water partition coefficient (Wildman–Crippen LogP) is 1.57. The molecule has 0 aromatic carbocycles. The van der Waals surface area contributed by atoms with Gasteiger partial charge in [-0.3, -0.25) is 4.21 Å². The van der Waals surface area contributed by atoms with Crippen LogP contribution in [-0.4, -0.2) is 28.3 Å². The molecule has 0 amide bonds. The molecule has 2 atom stereocenters. The van der Waals surface area contributed by atoms with Crippen LogP contribution < -0.4 is 5.32 Å². The molecule has 0 aliphatic rings. The first-order valence-corrected chi connectivity index (χ1v) is 6.82. The van der Waals surface area contributed by atoms with Crippen LogP contribution in [-0.2, 0) is 17.2 Å². The fraction of sp³-hybridized carbons (Fsp3) is 0.636. The van der Waals surface area contributed by atoms with E-state index >= 15 is 0 Å². The van der Waals surface area contributed by atoms with Gasteiger partial charge < -0.3 is 9.73 Å². The van der Waals surface area contributed by atoms with E-state index in [4.69, 9.17) is 4.42 Å². The lowest BCUT2D eigenvalue weighted by Gasteiger charge is -2.11. The number of hydrogen-bond donors (Lipinski definition) is 1. The Balaban J connectivity index is 2.14. The lowest BCUT2D eigenvalue weighted by atomic mass is 10.2. The molecule has 2 unspecified atom stereocenters. The lowest BCUT2D eigenvalue weighted by Crippen LogP contribution is -2.31. The molecule has 0 saturated heterocycles. The van der Waals surface area contributed by atoms with E-state index < -0.39 is 10.8 Å². The van der Waals surface area contributed by atoms with E-state index in [2.05, 4.69) is 12.2 Å². The van der Waals surface area contributed by atoms with E-state index in [1.807, 2.05) is 19.1 Å². The highest BCUT2D eigenvalue weighted by molar-refractivity contribution is 7.84. The predicted molar refractivity (Wildman–Crippen MR) is 63.4 cm³/mol. The molecule has 0 radical (unpaired) electrons. The highest BCUT2D eigenvalue weighted by atomic mass is 32.2. The molecular formula is C11H19NO2S. The standard InChI is InChI=1S/C11H19NO2S/c1-3-15(13)8-6-12-10(2)9-11-5-4-7-14-11/h4-5,7,10,12H,3,6,8-9H2,1-2H3. The highest BCUT2D eigenvalue weighted by Crippen LogP contribution is 2.03. The van der Waals surface area contributed by atoms with Crippen molar-refractivity contribution in [2.75, 3.05) is 18.1 Å². The molecule has 1 aromatic heterocycles. The summed E-state index contributed by atoms with van der Waals surface area (Å²) in [6, 6.07) is 4.24. The molecule has 1 heterocycles. The van der Waals surface area contributed by atoms with Crippen molar-refractivity contribution < 1.29 is 8.63 Å². The summed E-state index contributed by atoms with van der Waals surface area (Å²) in [6.45, 7) is 4.86. The maximum atomic E-state index is 11.2. The molecule has 0 saturated carbocycles. The van der Waals surface area contributed by atoms with Gasteiger partial charge in [-0.2, -0.15) is 0 Å². The zero-order chi connectivity index (χ0) is 11.1. The van der Waals surface area contributed by atoms with Crippen LogP contribution >= 0.6 is 0 Å². The molecule has 1 aromatic rings. The van der Waals surface area contributed by atoms with E-state index in [1.165, 1.54) is 0 Å². The first kappa shape index (κ1) is 12.5. The van der Waals surface area contributed by atoms with Gasteiger partial charge in [0.2, 0.25) is 0 Å². The van der Waals surface area contributed by atoms with Crippen LogP contribution in [0.15, 0.2) is 22.8 Å². The van der Waals surface area contributed by atoms with Gasteiger partial charge in [0.05, 0.1) is 6.26 Å². The van der Waals surface area contributed by atoms with Crippen molar-refractivity contribution in [3.8, 4) is 0 Å². The van der Waals surface area contributed by atoms with Crippen LogP contribution in [0.4, 0.5) is 0 Å². The minimum Gasteiger partial charge on any atom is -0.469 e. The fourth-order valence-electron chi connectivity index (χ4n) is 1.37. The van der Waals surface area contributed by atoms with E-state index in [0.717, 1.165) is 30.2 Å². The van der Waals surface area contributed by atoms with E-state index in [1.54, 1.807) is 6.26 Å². The molecule has 1 rings (SSSR count). The van der Waals surface area contributed by atoms with Crippen molar-refractivity contribution in [2.24, 2.45) is 0 Å². The average Bonchev–Trinajstić information content (AvgIpc) is 2.70. The van der Waals surface area contributed by atoms with Crippen LogP contribution in [0.25, 0.3) is 0 Å². The largest absolute Gasteiger partial charge is 0.469 e. The summed E-state index contributed by atoms with van der Waals surface area (Å²) >= 11 is 0. The molecule has 3 nitrogen and oxygen atoms in total. The molecule has 86 valence electrons. The molecule has 0 bridgehead atoms. The summed E-state index contributed by atoms with van der Waals surface area (Å²) < 4.78 is 16.4. The third-order valence-corrected chi connectivity index (χ3v) is 3.54. The van der Waals surface area contributed by atoms with Gasteiger partial charge in [-0.25, -0.2) is 0 Å². The van der Waals surface area contributed by atoms with Crippen molar-refractivity contribution in [3.63, 3.8) is 0 Å². The normalized spacial score (nSPS) is 15.1. The van der Waals surface area contributed by atoms with Crippen LogP contribution in [0, 0.1) is 0 Å². The summed E-state index contributed by atoms with van der Waals surface area (Å²) in [4.78, 5) is 0. The lowest BCUT2D eigenvalue weighted by molar-refractivity contribution is 0.463. The van der Waals surface area contributed by atoms with Crippen molar-refractivity contribution in [2.45, 2.75) is 26.3 Å². The Kier molecular flexibility index (Phi) is 5.65. The quantitative estimate of drug-likeness (QED) is 0.771. The second kappa shape index (κ2) is 6.80. The smallest absolute Gasteiger partial charge is 0.105 e. The maximum absolute atomic E-state index is 11.2. The van der Waals surface area contributed by atoms with Gasteiger partial charge in [-0.1, -0.05) is 6.92 Å². The monoisotopic (exact) mass is 229 g/mol. The van der Waals surface area contributed by atoms with Gasteiger partial charge >= 0.3 is 0 Å². The van der Waals surface area contributed by atoms with Gasteiger partial charge in [0, 0.05) is 41.3 Å². The Bertz CT molecular complexity index is 285. The number of rotatable bonds is 7. The van der Waals surface area contributed by atoms with Gasteiger partial charge in [-0.05, 0) is 19.1 Å². The topological polar surface area (TPSA) is 42.2 Å². The Morgan fingerprint density at radius 1 is 1.60 bits per heavy atom. The van der Waals surface area contributed by atoms with Crippen molar-refractivity contribution in [1.82, 2.24) is 5.32 Å². The first-order valence-electron chi connectivity index (χ1n) is 5.33. The molecule has 0 aliphatic heterocycles. The third-order valence-electron chi connectivity index (χ3n) is 2.23. The molecule has 0 fully saturated rings. The van der Waals surface area contributed by atoms with Crippen LogP contribution in [0.5, 0.6) is 0 Å². The Morgan fingerprint density at radius 2 is 2.40 bits per heavy atom. The Hall–Kier alpha value is -0.610. The second-order valence-corrected chi connectivity index (χ2v) is 5.44. The molecule has 15 heavy (non-hydrogen) atoms. The fourth-order valence-corrected chi connectivity index (χ4v) is 2.00. The zero-order valence-corrected chi connectivity index (χ0v) is 10.2. The minimum atomic E-state index is -0.668. The van der Waals surface area contributed by atoms with Crippen LogP contribution in [0.2, 0.25) is 0 Å². The zero-order valence-electron chi connectivity index (χ0n) is 9.36. The molecule has 0 spiro atoms. The maximum Gasteiger partial charge on any atom is 0.105 e. The SMILES string of the molecule is CCS(=O)CCNC(C)Cc1ccco1. The summed E-state index contributed by atoms with van der Waals surface area (Å²) in [5.74, 6) is 2.47. The molecule has 1 N–H and O–H groups in total. The van der Waals surface area contributed by atoms with Crippen LogP contribution in [0.1, 0.15) is 19.6 Å². The Morgan fingerprint density at radius 3 is 3.00 bits per heavy atom. The average molecular weight is 229 g/mol. The molecule has 4 heteroatoms.